The molecule has 0 aliphatic heterocycles. The van der Waals surface area contributed by atoms with Crippen LogP contribution in [0.15, 0.2) is 60.2 Å². The molecule has 1 aromatic heterocycles. The summed E-state index contributed by atoms with van der Waals surface area (Å²) in [4.78, 5) is 17.3. The van der Waals surface area contributed by atoms with Crippen LogP contribution in [0.25, 0.3) is 16.3 Å². The number of thiazole rings is 1. The standard InChI is InChI=1S/C28H25N3O3S/c1-17-6-5-7-21(10-17)16-34-24-9-8-20(14-25(24)33-4)13-22(15-29)27(32)31-28-30-23-11-18(2)19(3)12-26(23)35-28/h5-14H,16H2,1-4H3,(H,30,31,32). The van der Waals surface area contributed by atoms with Gasteiger partial charge in [-0.1, -0.05) is 47.2 Å². The molecule has 0 aliphatic carbocycles. The summed E-state index contributed by atoms with van der Waals surface area (Å²) in [6.45, 7) is 6.50. The molecule has 4 aromatic rings. The summed E-state index contributed by atoms with van der Waals surface area (Å²) < 4.78 is 12.4. The number of amides is 1. The van der Waals surface area contributed by atoms with E-state index in [0.29, 0.717) is 28.8 Å². The van der Waals surface area contributed by atoms with Gasteiger partial charge in [0, 0.05) is 0 Å². The van der Waals surface area contributed by atoms with Crippen molar-refractivity contribution >= 4 is 38.7 Å². The second kappa shape index (κ2) is 10.4. The fourth-order valence-electron chi connectivity index (χ4n) is 3.57. The highest BCUT2D eigenvalue weighted by Gasteiger charge is 2.14. The number of nitrogens with zero attached hydrogens (tertiary/aromatic N) is 2. The molecular formula is C28H25N3O3S. The van der Waals surface area contributed by atoms with Crippen LogP contribution in [0.3, 0.4) is 0 Å². The number of ether oxygens (including phenoxy) is 2. The third kappa shape index (κ3) is 5.68. The molecule has 1 N–H and O–H groups in total. The number of nitriles is 1. The number of hydrogen-bond donors (Lipinski definition) is 1. The van der Waals surface area contributed by atoms with Gasteiger partial charge in [0.2, 0.25) is 0 Å². The van der Waals surface area contributed by atoms with E-state index in [4.69, 9.17) is 9.47 Å². The van der Waals surface area contributed by atoms with Gasteiger partial charge in [-0.2, -0.15) is 5.26 Å². The van der Waals surface area contributed by atoms with Crippen LogP contribution in [0.2, 0.25) is 0 Å². The molecular weight excluding hydrogens is 458 g/mol. The lowest BCUT2D eigenvalue weighted by molar-refractivity contribution is -0.112. The van der Waals surface area contributed by atoms with E-state index in [-0.39, 0.29) is 5.57 Å². The van der Waals surface area contributed by atoms with Crippen molar-refractivity contribution in [1.82, 2.24) is 4.98 Å². The third-order valence-electron chi connectivity index (χ3n) is 5.56. The molecule has 4 rings (SSSR count). The van der Waals surface area contributed by atoms with E-state index in [1.165, 1.54) is 17.4 Å². The molecule has 0 saturated carbocycles. The average Bonchev–Trinajstić information content (AvgIpc) is 3.22. The normalized spacial score (nSPS) is 11.2. The van der Waals surface area contributed by atoms with Crippen molar-refractivity contribution in [3.8, 4) is 17.6 Å². The highest BCUT2D eigenvalue weighted by atomic mass is 32.1. The van der Waals surface area contributed by atoms with E-state index >= 15 is 0 Å². The fraction of sp³-hybridized carbons (Fsp3) is 0.179. The highest BCUT2D eigenvalue weighted by molar-refractivity contribution is 7.22. The Labute approximate surface area is 208 Å². The summed E-state index contributed by atoms with van der Waals surface area (Å²) in [7, 11) is 1.55. The van der Waals surface area contributed by atoms with Crippen molar-refractivity contribution in [3.63, 3.8) is 0 Å². The van der Waals surface area contributed by atoms with Crippen LogP contribution in [0.5, 0.6) is 11.5 Å². The first-order chi connectivity index (χ1) is 16.9. The number of carbonyl (C=O) groups is 1. The molecule has 35 heavy (non-hydrogen) atoms. The summed E-state index contributed by atoms with van der Waals surface area (Å²) >= 11 is 1.38. The van der Waals surface area contributed by atoms with Gasteiger partial charge in [-0.3, -0.25) is 10.1 Å². The Hall–Kier alpha value is -4.15. The Morgan fingerprint density at radius 1 is 1.09 bits per heavy atom. The number of nitrogens with one attached hydrogen (secondary N) is 1. The SMILES string of the molecule is COc1cc(C=C(C#N)C(=O)Nc2nc3cc(C)c(C)cc3s2)ccc1OCc1cccc(C)c1. The predicted octanol–water partition coefficient (Wildman–Crippen LogP) is 6.35. The maximum atomic E-state index is 12.8. The van der Waals surface area contributed by atoms with Gasteiger partial charge in [-0.25, -0.2) is 4.98 Å². The molecule has 0 atom stereocenters. The maximum Gasteiger partial charge on any atom is 0.268 e. The molecule has 1 amide bonds. The van der Waals surface area contributed by atoms with E-state index in [1.54, 1.807) is 25.3 Å². The molecule has 3 aromatic carbocycles. The van der Waals surface area contributed by atoms with Crippen molar-refractivity contribution < 1.29 is 14.3 Å². The van der Waals surface area contributed by atoms with Gasteiger partial charge in [-0.05, 0) is 73.4 Å². The van der Waals surface area contributed by atoms with Crippen molar-refractivity contribution in [3.05, 3.63) is 88.0 Å². The lowest BCUT2D eigenvalue weighted by Gasteiger charge is -2.12. The summed E-state index contributed by atoms with van der Waals surface area (Å²) in [5.41, 5.74) is 5.95. The lowest BCUT2D eigenvalue weighted by atomic mass is 10.1. The van der Waals surface area contributed by atoms with Crippen LogP contribution in [0.1, 0.15) is 27.8 Å². The van der Waals surface area contributed by atoms with Gasteiger partial charge in [-0.15, -0.1) is 0 Å². The molecule has 0 fully saturated rings. The number of anilines is 1. The Bertz CT molecular complexity index is 1440. The van der Waals surface area contributed by atoms with Crippen molar-refractivity contribution in [2.75, 3.05) is 12.4 Å². The highest BCUT2D eigenvalue weighted by Crippen LogP contribution is 2.31. The molecule has 7 heteroatoms. The fourth-order valence-corrected chi connectivity index (χ4v) is 4.51. The first kappa shape index (κ1) is 24.0. The number of benzene rings is 3. The van der Waals surface area contributed by atoms with E-state index < -0.39 is 5.91 Å². The molecule has 0 bridgehead atoms. The minimum atomic E-state index is -0.515. The van der Waals surface area contributed by atoms with E-state index in [0.717, 1.165) is 32.5 Å². The topological polar surface area (TPSA) is 84.2 Å². The second-order valence-corrected chi connectivity index (χ2v) is 9.27. The summed E-state index contributed by atoms with van der Waals surface area (Å²) in [6, 6.07) is 19.4. The van der Waals surface area contributed by atoms with Gasteiger partial charge in [0.05, 0.1) is 17.3 Å². The summed E-state index contributed by atoms with van der Waals surface area (Å²) in [6.07, 6.45) is 1.52. The number of aromatic nitrogens is 1. The van der Waals surface area contributed by atoms with Crippen LogP contribution in [0, 0.1) is 32.1 Å². The molecule has 0 unspecified atom stereocenters. The van der Waals surface area contributed by atoms with Crippen LogP contribution in [-0.4, -0.2) is 18.0 Å². The molecule has 0 spiro atoms. The van der Waals surface area contributed by atoms with Crippen molar-refractivity contribution in [2.24, 2.45) is 0 Å². The van der Waals surface area contributed by atoms with Crippen molar-refractivity contribution in [2.45, 2.75) is 27.4 Å². The number of aryl methyl sites for hydroxylation is 3. The first-order valence-corrected chi connectivity index (χ1v) is 11.8. The molecule has 176 valence electrons. The maximum absolute atomic E-state index is 12.8. The van der Waals surface area contributed by atoms with Gasteiger partial charge in [0.1, 0.15) is 18.2 Å². The summed E-state index contributed by atoms with van der Waals surface area (Å²) in [5, 5.41) is 12.8. The quantitative estimate of drug-likeness (QED) is 0.244. The minimum absolute atomic E-state index is 0.0351. The van der Waals surface area contributed by atoms with Gasteiger partial charge in [0.25, 0.3) is 5.91 Å². The first-order valence-electron chi connectivity index (χ1n) is 11.0. The van der Waals surface area contributed by atoms with Crippen molar-refractivity contribution in [1.29, 1.82) is 5.26 Å². The Morgan fingerprint density at radius 2 is 1.89 bits per heavy atom. The molecule has 0 radical (unpaired) electrons. The number of fused-ring (bicyclic) bond motifs is 1. The number of rotatable bonds is 7. The Balaban J connectivity index is 1.50. The number of methoxy groups -OCH3 is 1. The largest absolute Gasteiger partial charge is 0.493 e. The van der Waals surface area contributed by atoms with E-state index in [1.807, 2.05) is 57.2 Å². The van der Waals surface area contributed by atoms with Crippen LogP contribution >= 0.6 is 11.3 Å². The molecule has 1 heterocycles. The van der Waals surface area contributed by atoms with Gasteiger partial charge < -0.3 is 9.47 Å². The van der Waals surface area contributed by atoms with Crippen LogP contribution in [-0.2, 0) is 11.4 Å². The third-order valence-corrected chi connectivity index (χ3v) is 6.50. The Morgan fingerprint density at radius 3 is 2.63 bits per heavy atom. The average molecular weight is 484 g/mol. The zero-order valence-corrected chi connectivity index (χ0v) is 20.8. The van der Waals surface area contributed by atoms with Crippen LogP contribution < -0.4 is 14.8 Å². The number of hydrogen-bond acceptors (Lipinski definition) is 6. The smallest absolute Gasteiger partial charge is 0.268 e. The lowest BCUT2D eigenvalue weighted by Crippen LogP contribution is -2.13. The monoisotopic (exact) mass is 483 g/mol. The second-order valence-electron chi connectivity index (χ2n) is 8.24. The Kier molecular flexibility index (Phi) is 7.14. The van der Waals surface area contributed by atoms with E-state index in [2.05, 4.69) is 16.4 Å². The summed E-state index contributed by atoms with van der Waals surface area (Å²) in [5.74, 6) is 0.578. The molecule has 0 aliphatic rings. The van der Waals surface area contributed by atoms with E-state index in [9.17, 15) is 10.1 Å². The van der Waals surface area contributed by atoms with Gasteiger partial charge >= 0.3 is 0 Å². The predicted molar refractivity (Wildman–Crippen MR) is 140 cm³/mol. The number of carbonyl (C=O) groups excluding carboxylic acids is 1. The minimum Gasteiger partial charge on any atom is -0.493 e. The van der Waals surface area contributed by atoms with Gasteiger partial charge in [0.15, 0.2) is 16.6 Å². The van der Waals surface area contributed by atoms with Crippen LogP contribution in [0.4, 0.5) is 5.13 Å². The zero-order chi connectivity index (χ0) is 24.9. The molecule has 0 saturated heterocycles. The zero-order valence-electron chi connectivity index (χ0n) is 20.0. The molecule has 6 nitrogen and oxygen atoms in total.